The van der Waals surface area contributed by atoms with Crippen LogP contribution in [0.5, 0.6) is 0 Å². The molecule has 0 fully saturated rings. The van der Waals surface area contributed by atoms with Crippen molar-refractivity contribution in [3.8, 4) is 0 Å². The van der Waals surface area contributed by atoms with Crippen molar-refractivity contribution in [2.45, 2.75) is 33.6 Å². The number of rotatable bonds is 6. The van der Waals surface area contributed by atoms with Gasteiger partial charge in [-0.2, -0.15) is 0 Å². The molecule has 0 unspecified atom stereocenters. The summed E-state index contributed by atoms with van der Waals surface area (Å²) in [6.07, 6.45) is 2.42. The van der Waals surface area contributed by atoms with Crippen LogP contribution in [0, 0.1) is 5.41 Å². The van der Waals surface area contributed by atoms with Gasteiger partial charge in [0, 0.05) is 0 Å². The van der Waals surface area contributed by atoms with E-state index in [-0.39, 0.29) is 17.6 Å². The molecule has 0 heterocycles. The zero-order chi connectivity index (χ0) is 11.2. The normalized spacial score (nSPS) is 10.8. The van der Waals surface area contributed by atoms with Crippen LogP contribution in [0.4, 0.5) is 0 Å². The lowest BCUT2D eigenvalue weighted by Crippen LogP contribution is -2.15. The van der Waals surface area contributed by atoms with Crippen molar-refractivity contribution in [2.75, 3.05) is 6.61 Å². The molecule has 0 aromatic carbocycles. The Kier molecular flexibility index (Phi) is 5.13. The molecule has 0 aliphatic carbocycles. The Labute approximate surface area is 85.1 Å². The van der Waals surface area contributed by atoms with Gasteiger partial charge in [0.1, 0.15) is 12.2 Å². The standard InChI is InChI=1S/C11H18O3/c1-5-11(3,4)6-7-14-10(13)8-9(2)12/h5H,1,6-8H2,2-4H3. The predicted molar refractivity (Wildman–Crippen MR) is 54.9 cm³/mol. The number of ketones is 1. The van der Waals surface area contributed by atoms with E-state index in [9.17, 15) is 9.59 Å². The zero-order valence-electron chi connectivity index (χ0n) is 9.13. The average Bonchev–Trinajstić information content (AvgIpc) is 2.02. The number of Topliss-reactive ketones (excluding diaryl/α,β-unsaturated/α-hetero) is 1. The molecular weight excluding hydrogens is 180 g/mol. The van der Waals surface area contributed by atoms with E-state index in [2.05, 4.69) is 6.58 Å². The first-order valence-corrected chi connectivity index (χ1v) is 4.66. The molecule has 0 amide bonds. The minimum absolute atomic E-state index is 0.0312. The highest BCUT2D eigenvalue weighted by atomic mass is 16.5. The van der Waals surface area contributed by atoms with Crippen LogP contribution < -0.4 is 0 Å². The van der Waals surface area contributed by atoms with Crippen LogP contribution in [0.15, 0.2) is 12.7 Å². The summed E-state index contributed by atoms with van der Waals surface area (Å²) in [7, 11) is 0. The molecule has 3 nitrogen and oxygen atoms in total. The fraction of sp³-hybridized carbons (Fsp3) is 0.636. The number of hydrogen-bond donors (Lipinski definition) is 0. The summed E-state index contributed by atoms with van der Waals surface area (Å²) in [5, 5.41) is 0. The average molecular weight is 198 g/mol. The van der Waals surface area contributed by atoms with E-state index in [0.717, 1.165) is 6.42 Å². The first-order chi connectivity index (χ1) is 6.37. The summed E-state index contributed by atoms with van der Waals surface area (Å²) in [4.78, 5) is 21.5. The van der Waals surface area contributed by atoms with Crippen molar-refractivity contribution in [3.63, 3.8) is 0 Å². The summed E-state index contributed by atoms with van der Waals surface area (Å²) in [6, 6.07) is 0. The van der Waals surface area contributed by atoms with Crippen molar-refractivity contribution in [1.82, 2.24) is 0 Å². The van der Waals surface area contributed by atoms with Gasteiger partial charge < -0.3 is 4.74 Å². The van der Waals surface area contributed by atoms with Crippen LogP contribution in [0.25, 0.3) is 0 Å². The second kappa shape index (κ2) is 5.58. The number of ether oxygens (including phenoxy) is 1. The number of esters is 1. The van der Waals surface area contributed by atoms with Gasteiger partial charge in [-0.3, -0.25) is 9.59 Å². The van der Waals surface area contributed by atoms with E-state index in [1.807, 2.05) is 19.9 Å². The van der Waals surface area contributed by atoms with Crippen LogP contribution in [-0.2, 0) is 14.3 Å². The maximum atomic E-state index is 11.0. The molecule has 0 saturated heterocycles. The third kappa shape index (κ3) is 6.40. The highest BCUT2D eigenvalue weighted by Gasteiger charge is 2.14. The highest BCUT2D eigenvalue weighted by Crippen LogP contribution is 2.20. The van der Waals surface area contributed by atoms with E-state index in [1.165, 1.54) is 6.92 Å². The molecule has 0 saturated carbocycles. The minimum atomic E-state index is -0.447. The van der Waals surface area contributed by atoms with Crippen LogP contribution >= 0.6 is 0 Å². The highest BCUT2D eigenvalue weighted by molar-refractivity contribution is 5.94. The van der Waals surface area contributed by atoms with Crippen molar-refractivity contribution in [2.24, 2.45) is 5.41 Å². The molecule has 0 bridgehead atoms. The predicted octanol–water partition coefficient (Wildman–Crippen LogP) is 2.11. The van der Waals surface area contributed by atoms with Crippen LogP contribution in [-0.4, -0.2) is 18.4 Å². The second-order valence-electron chi connectivity index (χ2n) is 4.04. The number of hydrogen-bond acceptors (Lipinski definition) is 3. The minimum Gasteiger partial charge on any atom is -0.465 e. The van der Waals surface area contributed by atoms with E-state index in [4.69, 9.17) is 4.74 Å². The summed E-state index contributed by atoms with van der Waals surface area (Å²) in [5.41, 5.74) is -0.0312. The SMILES string of the molecule is C=CC(C)(C)CCOC(=O)CC(C)=O. The Hall–Kier alpha value is -1.12. The van der Waals surface area contributed by atoms with Crippen LogP contribution in [0.3, 0.4) is 0 Å². The van der Waals surface area contributed by atoms with Gasteiger partial charge in [0.25, 0.3) is 0 Å². The van der Waals surface area contributed by atoms with Gasteiger partial charge in [0.05, 0.1) is 6.61 Å². The quantitative estimate of drug-likeness (QED) is 0.373. The summed E-state index contributed by atoms with van der Waals surface area (Å²) < 4.78 is 4.88. The molecule has 0 aliphatic rings. The Morgan fingerprint density at radius 3 is 2.43 bits per heavy atom. The lowest BCUT2D eigenvalue weighted by Gasteiger charge is -2.18. The smallest absolute Gasteiger partial charge is 0.313 e. The van der Waals surface area contributed by atoms with Gasteiger partial charge in [-0.25, -0.2) is 0 Å². The van der Waals surface area contributed by atoms with E-state index in [1.54, 1.807) is 0 Å². The van der Waals surface area contributed by atoms with Gasteiger partial charge in [0.2, 0.25) is 0 Å². The monoisotopic (exact) mass is 198 g/mol. The Balaban J connectivity index is 3.69. The molecule has 0 aromatic heterocycles. The molecule has 0 atom stereocenters. The Morgan fingerprint density at radius 2 is 2.00 bits per heavy atom. The zero-order valence-corrected chi connectivity index (χ0v) is 9.13. The number of allylic oxidation sites excluding steroid dienone is 1. The molecule has 3 heteroatoms. The Morgan fingerprint density at radius 1 is 1.43 bits per heavy atom. The number of carbonyl (C=O) groups is 2. The van der Waals surface area contributed by atoms with E-state index < -0.39 is 5.97 Å². The molecule has 0 radical (unpaired) electrons. The molecule has 80 valence electrons. The molecule has 14 heavy (non-hydrogen) atoms. The van der Waals surface area contributed by atoms with Gasteiger partial charge in [0.15, 0.2) is 0 Å². The molecule has 0 spiro atoms. The summed E-state index contributed by atoms with van der Waals surface area (Å²) in [5.74, 6) is -0.615. The second-order valence-corrected chi connectivity index (χ2v) is 4.04. The molecular formula is C11H18O3. The van der Waals surface area contributed by atoms with Gasteiger partial charge in [-0.15, -0.1) is 6.58 Å². The molecule has 0 aromatic rings. The van der Waals surface area contributed by atoms with Crippen molar-refractivity contribution in [1.29, 1.82) is 0 Å². The fourth-order valence-corrected chi connectivity index (χ4v) is 0.784. The van der Waals surface area contributed by atoms with Gasteiger partial charge >= 0.3 is 5.97 Å². The van der Waals surface area contributed by atoms with Crippen molar-refractivity contribution in [3.05, 3.63) is 12.7 Å². The van der Waals surface area contributed by atoms with Gasteiger partial charge in [-0.05, 0) is 18.8 Å². The van der Waals surface area contributed by atoms with Crippen molar-refractivity contribution >= 4 is 11.8 Å². The first kappa shape index (κ1) is 12.9. The summed E-state index contributed by atoms with van der Waals surface area (Å²) >= 11 is 0. The lowest BCUT2D eigenvalue weighted by atomic mass is 9.90. The number of carbonyl (C=O) groups excluding carboxylic acids is 2. The third-order valence-corrected chi connectivity index (χ3v) is 1.96. The largest absolute Gasteiger partial charge is 0.465 e. The maximum Gasteiger partial charge on any atom is 0.313 e. The maximum absolute atomic E-state index is 11.0. The Bertz CT molecular complexity index is 229. The van der Waals surface area contributed by atoms with Crippen LogP contribution in [0.1, 0.15) is 33.6 Å². The topological polar surface area (TPSA) is 43.4 Å². The third-order valence-electron chi connectivity index (χ3n) is 1.96. The van der Waals surface area contributed by atoms with Crippen molar-refractivity contribution < 1.29 is 14.3 Å². The van der Waals surface area contributed by atoms with Crippen LogP contribution in [0.2, 0.25) is 0 Å². The van der Waals surface area contributed by atoms with E-state index in [0.29, 0.717) is 6.61 Å². The molecule has 0 rings (SSSR count). The van der Waals surface area contributed by atoms with Gasteiger partial charge in [-0.1, -0.05) is 19.9 Å². The van der Waals surface area contributed by atoms with E-state index >= 15 is 0 Å². The first-order valence-electron chi connectivity index (χ1n) is 4.66. The molecule has 0 aliphatic heterocycles. The summed E-state index contributed by atoms with van der Waals surface area (Å²) in [6.45, 7) is 9.42. The molecule has 0 N–H and O–H groups in total. The lowest BCUT2D eigenvalue weighted by molar-refractivity contribution is -0.146. The fourth-order valence-electron chi connectivity index (χ4n) is 0.784.